The molecule has 30 heavy (non-hydrogen) atoms. The van der Waals surface area contributed by atoms with E-state index in [4.69, 9.17) is 0 Å². The standard InChI is InChI=1S/C23H26N4O2S/c28-22(8-13-27-16-24-20-4-2-1-3-19(20)23(27)29)25-10-5-18(6-11-25)26-12-7-21-17(15-26)9-14-30-21/h1-4,9,14,16,18H,5-8,10-13,15H2. The van der Waals surface area contributed by atoms with E-state index < -0.39 is 0 Å². The van der Waals surface area contributed by atoms with Crippen molar-refractivity contribution < 1.29 is 4.79 Å². The summed E-state index contributed by atoms with van der Waals surface area (Å²) in [5, 5.41) is 2.80. The zero-order valence-electron chi connectivity index (χ0n) is 17.0. The minimum atomic E-state index is -0.0787. The van der Waals surface area contributed by atoms with E-state index in [0.717, 1.165) is 45.4 Å². The molecule has 1 saturated heterocycles. The van der Waals surface area contributed by atoms with E-state index in [9.17, 15) is 9.59 Å². The molecule has 0 aliphatic carbocycles. The van der Waals surface area contributed by atoms with Crippen LogP contribution in [0.25, 0.3) is 10.9 Å². The van der Waals surface area contributed by atoms with Crippen LogP contribution in [0.3, 0.4) is 0 Å². The summed E-state index contributed by atoms with van der Waals surface area (Å²) in [6.45, 7) is 4.17. The van der Waals surface area contributed by atoms with Gasteiger partial charge in [0.05, 0.1) is 17.2 Å². The number of hydrogen-bond acceptors (Lipinski definition) is 5. The van der Waals surface area contributed by atoms with Crippen LogP contribution in [0.4, 0.5) is 0 Å². The molecule has 156 valence electrons. The lowest BCUT2D eigenvalue weighted by atomic mass is 9.99. The quantitative estimate of drug-likeness (QED) is 0.649. The van der Waals surface area contributed by atoms with E-state index in [1.54, 1.807) is 17.0 Å². The second kappa shape index (κ2) is 8.32. The van der Waals surface area contributed by atoms with Gasteiger partial charge in [0, 0.05) is 50.1 Å². The first-order chi connectivity index (χ1) is 14.7. The molecule has 0 spiro atoms. The number of nitrogens with zero attached hydrogens (tertiary/aromatic N) is 4. The summed E-state index contributed by atoms with van der Waals surface area (Å²) in [6.07, 6.45) is 5.11. The Morgan fingerprint density at radius 3 is 2.83 bits per heavy atom. The maximum absolute atomic E-state index is 12.7. The zero-order valence-corrected chi connectivity index (χ0v) is 17.8. The van der Waals surface area contributed by atoms with Crippen LogP contribution in [0.2, 0.25) is 0 Å². The minimum absolute atomic E-state index is 0.0787. The van der Waals surface area contributed by atoms with Crippen LogP contribution in [0.15, 0.2) is 46.8 Å². The van der Waals surface area contributed by atoms with Gasteiger partial charge in [-0.25, -0.2) is 4.98 Å². The maximum Gasteiger partial charge on any atom is 0.261 e. The van der Waals surface area contributed by atoms with E-state index >= 15 is 0 Å². The number of fused-ring (bicyclic) bond motifs is 2. The third-order valence-electron chi connectivity index (χ3n) is 6.47. The monoisotopic (exact) mass is 422 g/mol. The molecule has 0 N–H and O–H groups in total. The fourth-order valence-electron chi connectivity index (χ4n) is 4.70. The number of amides is 1. The van der Waals surface area contributed by atoms with Crippen LogP contribution >= 0.6 is 11.3 Å². The average molecular weight is 423 g/mol. The lowest BCUT2D eigenvalue weighted by molar-refractivity contribution is -0.133. The molecule has 0 saturated carbocycles. The first-order valence-corrected chi connectivity index (χ1v) is 11.6. The van der Waals surface area contributed by atoms with Crippen molar-refractivity contribution in [2.24, 2.45) is 0 Å². The molecule has 5 rings (SSSR count). The van der Waals surface area contributed by atoms with Crippen molar-refractivity contribution in [3.63, 3.8) is 0 Å². The molecule has 1 amide bonds. The van der Waals surface area contributed by atoms with Gasteiger partial charge in [-0.2, -0.15) is 0 Å². The van der Waals surface area contributed by atoms with Crippen LogP contribution in [0.5, 0.6) is 0 Å². The number of rotatable bonds is 4. The Labute approximate surface area is 179 Å². The zero-order chi connectivity index (χ0) is 20.5. The Morgan fingerprint density at radius 1 is 1.13 bits per heavy atom. The van der Waals surface area contributed by atoms with E-state index in [2.05, 4.69) is 21.3 Å². The largest absolute Gasteiger partial charge is 0.343 e. The number of aryl methyl sites for hydroxylation is 1. The smallest absolute Gasteiger partial charge is 0.261 e. The summed E-state index contributed by atoms with van der Waals surface area (Å²) in [7, 11) is 0. The number of para-hydroxylation sites is 1. The summed E-state index contributed by atoms with van der Waals surface area (Å²) in [5.74, 6) is 0.132. The average Bonchev–Trinajstić information content (AvgIpc) is 3.27. The van der Waals surface area contributed by atoms with Crippen LogP contribution < -0.4 is 5.56 Å². The van der Waals surface area contributed by atoms with Crippen LogP contribution in [-0.4, -0.2) is 50.9 Å². The van der Waals surface area contributed by atoms with Crippen LogP contribution in [0.1, 0.15) is 29.7 Å². The van der Waals surface area contributed by atoms with Crippen molar-refractivity contribution in [3.8, 4) is 0 Å². The van der Waals surface area contributed by atoms with Crippen LogP contribution in [-0.2, 0) is 24.3 Å². The molecule has 0 bridgehead atoms. The van der Waals surface area contributed by atoms with Gasteiger partial charge in [0.25, 0.3) is 5.56 Å². The molecule has 2 aromatic heterocycles. The number of benzene rings is 1. The third kappa shape index (κ3) is 3.79. The van der Waals surface area contributed by atoms with Gasteiger partial charge in [-0.1, -0.05) is 12.1 Å². The van der Waals surface area contributed by atoms with Gasteiger partial charge < -0.3 is 4.90 Å². The highest BCUT2D eigenvalue weighted by atomic mass is 32.1. The van der Waals surface area contributed by atoms with E-state index in [0.29, 0.717) is 29.9 Å². The van der Waals surface area contributed by atoms with Crippen molar-refractivity contribution in [1.82, 2.24) is 19.4 Å². The predicted molar refractivity (Wildman–Crippen MR) is 119 cm³/mol. The van der Waals surface area contributed by atoms with Gasteiger partial charge in [0.1, 0.15) is 0 Å². The second-order valence-corrected chi connectivity index (χ2v) is 9.21. The number of carbonyl (C=O) groups excluding carboxylic acids is 1. The Balaban J connectivity index is 1.15. The minimum Gasteiger partial charge on any atom is -0.343 e. The Bertz CT molecular complexity index is 1110. The van der Waals surface area contributed by atoms with E-state index in [-0.39, 0.29) is 11.5 Å². The third-order valence-corrected chi connectivity index (χ3v) is 7.49. The van der Waals surface area contributed by atoms with Crippen molar-refractivity contribution in [2.75, 3.05) is 19.6 Å². The predicted octanol–water partition coefficient (Wildman–Crippen LogP) is 2.90. The lowest BCUT2D eigenvalue weighted by Crippen LogP contribution is -2.48. The molecule has 0 unspecified atom stereocenters. The first-order valence-electron chi connectivity index (χ1n) is 10.7. The summed E-state index contributed by atoms with van der Waals surface area (Å²) in [4.78, 5) is 35.8. The number of hydrogen-bond donors (Lipinski definition) is 0. The fraction of sp³-hybridized carbons (Fsp3) is 0.435. The molecule has 6 nitrogen and oxygen atoms in total. The molecule has 1 aromatic carbocycles. The molecule has 3 aromatic rings. The fourth-order valence-corrected chi connectivity index (χ4v) is 5.59. The molecule has 7 heteroatoms. The second-order valence-electron chi connectivity index (χ2n) is 8.21. The van der Waals surface area contributed by atoms with E-state index in [1.165, 1.54) is 10.4 Å². The molecular weight excluding hydrogens is 396 g/mol. The highest BCUT2D eigenvalue weighted by Crippen LogP contribution is 2.28. The van der Waals surface area contributed by atoms with E-state index in [1.807, 2.05) is 34.4 Å². The number of aromatic nitrogens is 2. The Hall–Kier alpha value is -2.51. The molecule has 0 atom stereocenters. The van der Waals surface area contributed by atoms with Gasteiger partial charge in [-0.05, 0) is 48.4 Å². The molecule has 4 heterocycles. The number of likely N-dealkylation sites (tertiary alicyclic amines) is 1. The number of piperidine rings is 1. The molecule has 0 radical (unpaired) electrons. The van der Waals surface area contributed by atoms with Crippen molar-refractivity contribution in [1.29, 1.82) is 0 Å². The summed E-state index contributed by atoms with van der Waals surface area (Å²) in [6, 6.07) is 10.1. The van der Waals surface area contributed by atoms with Gasteiger partial charge in [0.15, 0.2) is 0 Å². The van der Waals surface area contributed by atoms with Crippen molar-refractivity contribution in [3.05, 3.63) is 62.8 Å². The maximum atomic E-state index is 12.7. The molecule has 1 fully saturated rings. The van der Waals surface area contributed by atoms with Crippen LogP contribution in [0, 0.1) is 0 Å². The first kappa shape index (κ1) is 19.5. The molecular formula is C23H26N4O2S. The van der Waals surface area contributed by atoms with Gasteiger partial charge in [0.2, 0.25) is 5.91 Å². The Kier molecular flexibility index (Phi) is 5.39. The summed E-state index contributed by atoms with van der Waals surface area (Å²) >= 11 is 1.88. The lowest BCUT2D eigenvalue weighted by Gasteiger charge is -2.40. The SMILES string of the molecule is O=C(CCn1cnc2ccccc2c1=O)N1CCC(N2CCc3sccc3C2)CC1. The van der Waals surface area contributed by atoms with Crippen molar-refractivity contribution >= 4 is 28.1 Å². The molecule has 2 aliphatic heterocycles. The summed E-state index contributed by atoms with van der Waals surface area (Å²) in [5.41, 5.74) is 2.10. The van der Waals surface area contributed by atoms with Gasteiger partial charge in [-0.15, -0.1) is 11.3 Å². The topological polar surface area (TPSA) is 58.4 Å². The summed E-state index contributed by atoms with van der Waals surface area (Å²) < 4.78 is 1.55. The molecule has 2 aliphatic rings. The highest BCUT2D eigenvalue weighted by molar-refractivity contribution is 7.10. The number of thiophene rings is 1. The highest BCUT2D eigenvalue weighted by Gasteiger charge is 2.29. The number of carbonyl (C=O) groups is 1. The van der Waals surface area contributed by atoms with Crippen molar-refractivity contribution in [2.45, 2.75) is 44.8 Å². The Morgan fingerprint density at radius 2 is 1.97 bits per heavy atom. The van der Waals surface area contributed by atoms with Gasteiger partial charge >= 0.3 is 0 Å². The van der Waals surface area contributed by atoms with Gasteiger partial charge in [-0.3, -0.25) is 19.1 Å². The normalized spacial score (nSPS) is 17.9.